The van der Waals surface area contributed by atoms with E-state index in [1.807, 2.05) is 0 Å². The maximum absolute atomic E-state index is 5.95. The van der Waals surface area contributed by atoms with E-state index in [-0.39, 0.29) is 24.0 Å². The molecule has 24 heavy (non-hydrogen) atoms. The maximum Gasteiger partial charge on any atom is 0.188 e. The first kappa shape index (κ1) is 21.9. The number of halogens is 1. The molecule has 142 valence electrons. The molecule has 0 aromatic rings. The third-order valence-corrected chi connectivity index (χ3v) is 4.31. The minimum absolute atomic E-state index is 0. The van der Waals surface area contributed by atoms with Gasteiger partial charge in [-0.05, 0) is 18.9 Å². The molecule has 0 aliphatic carbocycles. The lowest BCUT2D eigenvalue weighted by molar-refractivity contribution is 0.0323. The van der Waals surface area contributed by atoms with E-state index in [0.29, 0.717) is 11.9 Å². The molecule has 0 aromatic heterocycles. The second kappa shape index (κ2) is 13.1. The smallest absolute Gasteiger partial charge is 0.188 e. The molecule has 3 N–H and O–H groups in total. The Balaban J connectivity index is 0.00000288. The summed E-state index contributed by atoms with van der Waals surface area (Å²) < 4.78 is 10.7. The van der Waals surface area contributed by atoms with E-state index in [1.165, 1.54) is 0 Å². The monoisotopic (exact) mass is 455 g/mol. The fraction of sp³-hybridized carbons (Fsp3) is 0.938. The maximum atomic E-state index is 5.95. The van der Waals surface area contributed by atoms with Gasteiger partial charge in [0.2, 0.25) is 0 Å². The number of morpholine rings is 2. The summed E-state index contributed by atoms with van der Waals surface area (Å²) in [6, 6.07) is 0. The largest absolute Gasteiger partial charge is 0.379 e. The molecule has 2 heterocycles. The molecule has 8 heteroatoms. The van der Waals surface area contributed by atoms with Gasteiger partial charge in [0.25, 0.3) is 0 Å². The third-order valence-electron chi connectivity index (χ3n) is 4.31. The van der Waals surface area contributed by atoms with Crippen molar-refractivity contribution in [3.8, 4) is 0 Å². The van der Waals surface area contributed by atoms with Crippen molar-refractivity contribution in [2.75, 3.05) is 78.8 Å². The highest BCUT2D eigenvalue weighted by Crippen LogP contribution is 2.03. The molecule has 7 nitrogen and oxygen atoms in total. The van der Waals surface area contributed by atoms with Gasteiger partial charge in [-0.25, -0.2) is 0 Å². The van der Waals surface area contributed by atoms with Crippen molar-refractivity contribution in [1.29, 1.82) is 0 Å². The molecule has 1 atom stereocenters. The number of nitrogens with two attached hydrogens (primary N) is 1. The van der Waals surface area contributed by atoms with Crippen LogP contribution >= 0.6 is 24.0 Å². The van der Waals surface area contributed by atoms with Gasteiger partial charge in [0, 0.05) is 45.8 Å². The average Bonchev–Trinajstić information content (AvgIpc) is 2.59. The molecule has 0 amide bonds. The molecule has 1 unspecified atom stereocenters. The van der Waals surface area contributed by atoms with E-state index in [4.69, 9.17) is 15.2 Å². The van der Waals surface area contributed by atoms with Crippen molar-refractivity contribution in [3.63, 3.8) is 0 Å². The van der Waals surface area contributed by atoms with E-state index < -0.39 is 0 Å². The molecule has 2 saturated heterocycles. The number of nitrogens with one attached hydrogen (secondary N) is 1. The van der Waals surface area contributed by atoms with E-state index in [0.717, 1.165) is 85.2 Å². The van der Waals surface area contributed by atoms with E-state index in [9.17, 15) is 0 Å². The molecule has 0 aromatic carbocycles. The van der Waals surface area contributed by atoms with Gasteiger partial charge < -0.3 is 20.5 Å². The number of hydrogen-bond acceptors (Lipinski definition) is 5. The molecule has 0 radical (unpaired) electrons. The van der Waals surface area contributed by atoms with E-state index in [2.05, 4.69) is 27.0 Å². The summed E-state index contributed by atoms with van der Waals surface area (Å²) in [6.07, 6.45) is 1.08. The number of hydrogen-bond donors (Lipinski definition) is 2. The fourth-order valence-electron chi connectivity index (χ4n) is 2.94. The lowest BCUT2D eigenvalue weighted by Gasteiger charge is -2.28. The van der Waals surface area contributed by atoms with Crippen LogP contribution in [0, 0.1) is 5.92 Å². The van der Waals surface area contributed by atoms with Crippen molar-refractivity contribution in [1.82, 2.24) is 15.1 Å². The van der Waals surface area contributed by atoms with Crippen LogP contribution < -0.4 is 11.1 Å². The number of ether oxygens (including phenoxy) is 2. The summed E-state index contributed by atoms with van der Waals surface area (Å²) in [5.74, 6) is 1.09. The highest BCUT2D eigenvalue weighted by molar-refractivity contribution is 14.0. The van der Waals surface area contributed by atoms with Crippen molar-refractivity contribution in [2.45, 2.75) is 13.3 Å². The van der Waals surface area contributed by atoms with Crippen LogP contribution in [-0.4, -0.2) is 94.5 Å². The van der Waals surface area contributed by atoms with Gasteiger partial charge in [-0.1, -0.05) is 6.92 Å². The predicted octanol–water partition coefficient (Wildman–Crippen LogP) is 0.199. The zero-order valence-electron chi connectivity index (χ0n) is 14.9. The standard InChI is InChI=1S/C16H33N5O2.HI/c1-15(14-21-7-11-23-12-8-21)13-19-16(17)18-3-2-4-20-5-9-22-10-6-20;/h15H,2-14H2,1H3,(H3,17,18,19);1H. The number of nitrogens with zero attached hydrogens (tertiary/aromatic N) is 3. The van der Waals surface area contributed by atoms with Gasteiger partial charge >= 0.3 is 0 Å². The van der Waals surface area contributed by atoms with Gasteiger partial charge in [0.1, 0.15) is 0 Å². The zero-order valence-corrected chi connectivity index (χ0v) is 17.2. The first-order valence-electron chi connectivity index (χ1n) is 8.88. The van der Waals surface area contributed by atoms with Crippen LogP contribution in [0.3, 0.4) is 0 Å². The van der Waals surface area contributed by atoms with E-state index in [1.54, 1.807) is 0 Å². The Hall–Kier alpha value is -0.160. The Labute approximate surface area is 163 Å². The first-order chi connectivity index (χ1) is 11.2. The first-order valence-corrected chi connectivity index (χ1v) is 8.88. The van der Waals surface area contributed by atoms with Gasteiger partial charge in [-0.3, -0.25) is 14.8 Å². The minimum Gasteiger partial charge on any atom is -0.379 e. The van der Waals surface area contributed by atoms with Crippen LogP contribution in [0.2, 0.25) is 0 Å². The quantitative estimate of drug-likeness (QED) is 0.236. The highest BCUT2D eigenvalue weighted by atomic mass is 127. The van der Waals surface area contributed by atoms with Gasteiger partial charge in [0.05, 0.1) is 26.4 Å². The molecular weight excluding hydrogens is 421 g/mol. The van der Waals surface area contributed by atoms with Crippen LogP contribution in [0.25, 0.3) is 0 Å². The van der Waals surface area contributed by atoms with Gasteiger partial charge in [0.15, 0.2) is 5.96 Å². The van der Waals surface area contributed by atoms with Crippen LogP contribution in [0.5, 0.6) is 0 Å². The molecule has 0 saturated carbocycles. The summed E-state index contributed by atoms with van der Waals surface area (Å²) in [6.45, 7) is 13.6. The summed E-state index contributed by atoms with van der Waals surface area (Å²) in [7, 11) is 0. The zero-order chi connectivity index (χ0) is 16.3. The van der Waals surface area contributed by atoms with Crippen LogP contribution in [0.15, 0.2) is 4.99 Å². The summed E-state index contributed by atoms with van der Waals surface area (Å²) >= 11 is 0. The Bertz CT molecular complexity index is 347. The molecular formula is C16H34IN5O2. The minimum atomic E-state index is 0. The number of guanidine groups is 1. The normalized spacial score (nSPS) is 22.0. The topological polar surface area (TPSA) is 75.3 Å². The van der Waals surface area contributed by atoms with Crippen molar-refractivity contribution in [2.24, 2.45) is 16.6 Å². The molecule has 2 aliphatic rings. The second-order valence-electron chi connectivity index (χ2n) is 6.48. The lowest BCUT2D eigenvalue weighted by Crippen LogP contribution is -2.40. The Morgan fingerprint density at radius 3 is 2.29 bits per heavy atom. The molecule has 2 rings (SSSR count). The summed E-state index contributed by atoms with van der Waals surface area (Å²) in [5.41, 5.74) is 5.95. The van der Waals surface area contributed by atoms with Crippen molar-refractivity contribution < 1.29 is 9.47 Å². The van der Waals surface area contributed by atoms with Crippen molar-refractivity contribution >= 4 is 29.9 Å². The Morgan fingerprint density at radius 1 is 1.08 bits per heavy atom. The van der Waals surface area contributed by atoms with Crippen LogP contribution in [0.4, 0.5) is 0 Å². The molecule has 0 bridgehead atoms. The molecule has 2 fully saturated rings. The summed E-state index contributed by atoms with van der Waals surface area (Å²) in [4.78, 5) is 9.34. The Morgan fingerprint density at radius 2 is 1.67 bits per heavy atom. The van der Waals surface area contributed by atoms with Crippen LogP contribution in [0.1, 0.15) is 13.3 Å². The Kier molecular flexibility index (Phi) is 11.9. The molecule has 2 aliphatic heterocycles. The predicted molar refractivity (Wildman–Crippen MR) is 108 cm³/mol. The number of rotatable bonds is 8. The van der Waals surface area contributed by atoms with Gasteiger partial charge in [-0.2, -0.15) is 0 Å². The second-order valence-corrected chi connectivity index (χ2v) is 6.48. The lowest BCUT2D eigenvalue weighted by atomic mass is 10.1. The van der Waals surface area contributed by atoms with E-state index >= 15 is 0 Å². The average molecular weight is 455 g/mol. The van der Waals surface area contributed by atoms with Crippen molar-refractivity contribution in [3.05, 3.63) is 0 Å². The summed E-state index contributed by atoms with van der Waals surface area (Å²) in [5, 5.41) is 3.22. The molecule has 0 spiro atoms. The SMILES string of the molecule is CC(CN=C(N)NCCCN1CCOCC1)CN1CCOCC1.I. The fourth-order valence-corrected chi connectivity index (χ4v) is 2.94. The number of aliphatic imine (C=N–C) groups is 1. The highest BCUT2D eigenvalue weighted by Gasteiger charge is 2.13. The third kappa shape index (κ3) is 9.36. The van der Waals surface area contributed by atoms with Gasteiger partial charge in [-0.15, -0.1) is 24.0 Å². The van der Waals surface area contributed by atoms with Crippen LogP contribution in [-0.2, 0) is 9.47 Å².